The Morgan fingerprint density at radius 2 is 1.95 bits per heavy atom. The lowest BCUT2D eigenvalue weighted by atomic mass is 9.72. The van der Waals surface area contributed by atoms with Gasteiger partial charge >= 0.3 is 0 Å². The van der Waals surface area contributed by atoms with Crippen molar-refractivity contribution in [3.05, 3.63) is 11.3 Å². The summed E-state index contributed by atoms with van der Waals surface area (Å²) < 4.78 is 0. The SMILES string of the molecule is Nc1nc(NCCC2CCN2)c2c(n1)C1(CCCC1)CCC2. The molecule has 22 heavy (non-hydrogen) atoms. The molecule has 1 saturated heterocycles. The first kappa shape index (κ1) is 14.2. The molecule has 120 valence electrons. The molecule has 4 N–H and O–H groups in total. The number of nitrogens with two attached hydrogens (primary N) is 1. The third-order valence-corrected chi connectivity index (χ3v) is 5.88. The van der Waals surface area contributed by atoms with E-state index >= 15 is 0 Å². The summed E-state index contributed by atoms with van der Waals surface area (Å²) in [6.45, 7) is 2.14. The van der Waals surface area contributed by atoms with Gasteiger partial charge in [0.05, 0.1) is 5.69 Å². The van der Waals surface area contributed by atoms with E-state index < -0.39 is 0 Å². The lowest BCUT2D eigenvalue weighted by molar-refractivity contribution is 0.355. The van der Waals surface area contributed by atoms with E-state index in [9.17, 15) is 0 Å². The van der Waals surface area contributed by atoms with Crippen molar-refractivity contribution >= 4 is 11.8 Å². The highest BCUT2D eigenvalue weighted by Gasteiger charge is 2.41. The van der Waals surface area contributed by atoms with E-state index in [1.54, 1.807) is 0 Å². The van der Waals surface area contributed by atoms with Gasteiger partial charge in [0.2, 0.25) is 5.95 Å². The highest BCUT2D eigenvalue weighted by atomic mass is 15.1. The van der Waals surface area contributed by atoms with E-state index in [-0.39, 0.29) is 0 Å². The predicted octanol–water partition coefficient (Wildman–Crippen LogP) is 2.37. The Morgan fingerprint density at radius 1 is 1.18 bits per heavy atom. The van der Waals surface area contributed by atoms with Crippen LogP contribution >= 0.6 is 0 Å². The molecule has 2 heterocycles. The van der Waals surface area contributed by atoms with Gasteiger partial charge in [-0.25, -0.2) is 4.98 Å². The second-order valence-corrected chi connectivity index (χ2v) is 7.25. The smallest absolute Gasteiger partial charge is 0.222 e. The molecule has 1 spiro atoms. The number of nitrogen functional groups attached to an aromatic ring is 1. The fourth-order valence-electron chi connectivity index (χ4n) is 4.54. The normalized spacial score (nSPS) is 25.7. The lowest BCUT2D eigenvalue weighted by Crippen LogP contribution is -2.43. The Balaban J connectivity index is 1.57. The van der Waals surface area contributed by atoms with Crippen LogP contribution in [0.2, 0.25) is 0 Å². The molecule has 1 aliphatic heterocycles. The third kappa shape index (κ3) is 2.45. The summed E-state index contributed by atoms with van der Waals surface area (Å²) in [5.41, 5.74) is 8.95. The molecule has 0 radical (unpaired) electrons. The molecular formula is C17H27N5. The fourth-order valence-corrected chi connectivity index (χ4v) is 4.54. The minimum Gasteiger partial charge on any atom is -0.370 e. The van der Waals surface area contributed by atoms with Crippen LogP contribution in [0.25, 0.3) is 0 Å². The van der Waals surface area contributed by atoms with Crippen LogP contribution in [0.15, 0.2) is 0 Å². The Labute approximate surface area is 132 Å². The van der Waals surface area contributed by atoms with Crippen molar-refractivity contribution in [2.75, 3.05) is 24.1 Å². The van der Waals surface area contributed by atoms with Crippen LogP contribution in [-0.2, 0) is 11.8 Å². The number of nitrogens with one attached hydrogen (secondary N) is 2. The maximum Gasteiger partial charge on any atom is 0.222 e. The van der Waals surface area contributed by atoms with Crippen LogP contribution in [0.3, 0.4) is 0 Å². The van der Waals surface area contributed by atoms with E-state index in [0.717, 1.165) is 25.2 Å². The van der Waals surface area contributed by atoms with Gasteiger partial charge in [0, 0.05) is 23.6 Å². The number of hydrogen-bond donors (Lipinski definition) is 3. The van der Waals surface area contributed by atoms with E-state index in [1.807, 2.05) is 0 Å². The zero-order valence-corrected chi connectivity index (χ0v) is 13.3. The first-order valence-corrected chi connectivity index (χ1v) is 8.91. The Kier molecular flexibility index (Phi) is 3.68. The topological polar surface area (TPSA) is 75.9 Å². The molecule has 3 aliphatic rings. The summed E-state index contributed by atoms with van der Waals surface area (Å²) >= 11 is 0. The molecule has 5 heteroatoms. The van der Waals surface area contributed by atoms with Gasteiger partial charge in [-0.15, -0.1) is 0 Å². The largest absolute Gasteiger partial charge is 0.370 e. The lowest BCUT2D eigenvalue weighted by Gasteiger charge is -2.35. The molecule has 2 aliphatic carbocycles. The maximum absolute atomic E-state index is 6.03. The highest BCUT2D eigenvalue weighted by Crippen LogP contribution is 2.49. The zero-order valence-electron chi connectivity index (χ0n) is 13.3. The van der Waals surface area contributed by atoms with Crippen molar-refractivity contribution in [1.29, 1.82) is 0 Å². The van der Waals surface area contributed by atoms with E-state index in [0.29, 0.717) is 17.4 Å². The van der Waals surface area contributed by atoms with Gasteiger partial charge in [-0.3, -0.25) is 0 Å². The van der Waals surface area contributed by atoms with Gasteiger partial charge in [0.1, 0.15) is 5.82 Å². The number of aromatic nitrogens is 2. The second-order valence-electron chi connectivity index (χ2n) is 7.25. The van der Waals surface area contributed by atoms with Gasteiger partial charge in [-0.1, -0.05) is 12.8 Å². The molecule has 1 aromatic rings. The van der Waals surface area contributed by atoms with Gasteiger partial charge in [-0.05, 0) is 51.5 Å². The number of anilines is 2. The molecule has 1 saturated carbocycles. The van der Waals surface area contributed by atoms with Crippen LogP contribution in [0.1, 0.15) is 62.6 Å². The summed E-state index contributed by atoms with van der Waals surface area (Å²) in [4.78, 5) is 9.21. The first-order chi connectivity index (χ1) is 10.8. The van der Waals surface area contributed by atoms with Gasteiger partial charge in [0.25, 0.3) is 0 Å². The quantitative estimate of drug-likeness (QED) is 0.796. The van der Waals surface area contributed by atoms with E-state index in [1.165, 1.54) is 62.7 Å². The van der Waals surface area contributed by atoms with Crippen LogP contribution in [0.5, 0.6) is 0 Å². The Bertz CT molecular complexity index is 546. The maximum atomic E-state index is 6.03. The Morgan fingerprint density at radius 3 is 2.68 bits per heavy atom. The van der Waals surface area contributed by atoms with Crippen molar-refractivity contribution < 1.29 is 0 Å². The van der Waals surface area contributed by atoms with Crippen LogP contribution in [0.4, 0.5) is 11.8 Å². The molecule has 2 fully saturated rings. The van der Waals surface area contributed by atoms with Crippen molar-refractivity contribution in [2.24, 2.45) is 0 Å². The summed E-state index contributed by atoms with van der Waals surface area (Å²) in [5, 5.41) is 7.00. The summed E-state index contributed by atoms with van der Waals surface area (Å²) in [5.74, 6) is 1.45. The second kappa shape index (κ2) is 5.69. The van der Waals surface area contributed by atoms with Crippen molar-refractivity contribution in [1.82, 2.24) is 15.3 Å². The average molecular weight is 301 g/mol. The molecule has 5 nitrogen and oxygen atoms in total. The van der Waals surface area contributed by atoms with Crippen LogP contribution < -0.4 is 16.4 Å². The third-order valence-electron chi connectivity index (χ3n) is 5.88. The zero-order chi connectivity index (χ0) is 15.0. The molecule has 0 bridgehead atoms. The summed E-state index contributed by atoms with van der Waals surface area (Å²) in [6.07, 6.45) is 11.3. The predicted molar refractivity (Wildman–Crippen MR) is 89.0 cm³/mol. The molecule has 4 rings (SSSR count). The standard InChI is InChI=1S/C17H27N5/c18-16-21-14-13(4-3-9-17(14)7-1-2-8-17)15(22-16)20-11-6-12-5-10-19-12/h12,19H,1-11H2,(H3,18,20,21,22). The number of hydrogen-bond acceptors (Lipinski definition) is 5. The van der Waals surface area contributed by atoms with Crippen molar-refractivity contribution in [3.63, 3.8) is 0 Å². The van der Waals surface area contributed by atoms with Crippen molar-refractivity contribution in [3.8, 4) is 0 Å². The molecular weight excluding hydrogens is 274 g/mol. The number of fused-ring (bicyclic) bond motifs is 2. The number of rotatable bonds is 4. The van der Waals surface area contributed by atoms with E-state index in [2.05, 4.69) is 15.6 Å². The minimum atomic E-state index is 0.302. The molecule has 1 unspecified atom stereocenters. The summed E-state index contributed by atoms with van der Waals surface area (Å²) in [7, 11) is 0. The van der Waals surface area contributed by atoms with Crippen LogP contribution in [-0.4, -0.2) is 29.1 Å². The first-order valence-electron chi connectivity index (χ1n) is 8.91. The molecule has 0 amide bonds. The average Bonchev–Trinajstić information content (AvgIpc) is 2.92. The van der Waals surface area contributed by atoms with Gasteiger partial charge in [0.15, 0.2) is 0 Å². The fraction of sp³-hybridized carbons (Fsp3) is 0.765. The van der Waals surface area contributed by atoms with E-state index in [4.69, 9.17) is 10.7 Å². The van der Waals surface area contributed by atoms with Crippen LogP contribution in [0, 0.1) is 0 Å². The van der Waals surface area contributed by atoms with Gasteiger partial charge < -0.3 is 16.4 Å². The molecule has 1 aromatic heterocycles. The minimum absolute atomic E-state index is 0.302. The number of nitrogens with zero attached hydrogens (tertiary/aromatic N) is 2. The summed E-state index contributed by atoms with van der Waals surface area (Å²) in [6, 6.07) is 0.684. The van der Waals surface area contributed by atoms with Gasteiger partial charge in [-0.2, -0.15) is 4.98 Å². The highest BCUT2D eigenvalue weighted by molar-refractivity contribution is 5.53. The monoisotopic (exact) mass is 301 g/mol. The molecule has 0 aromatic carbocycles. The van der Waals surface area contributed by atoms with Crippen molar-refractivity contribution in [2.45, 2.75) is 69.2 Å². The Hall–Kier alpha value is -1.36. The molecule has 1 atom stereocenters.